The lowest BCUT2D eigenvalue weighted by molar-refractivity contribution is -0.945. The summed E-state index contributed by atoms with van der Waals surface area (Å²) in [4.78, 5) is 15.4. The molecule has 2 N–H and O–H groups in total. The zero-order valence-electron chi connectivity index (χ0n) is 16.1. The van der Waals surface area contributed by atoms with Crippen molar-refractivity contribution in [3.8, 4) is 0 Å². The molecular weight excluding hydrogens is 370 g/mol. The largest absolute Gasteiger partial charge is 0.353 e. The smallest absolute Gasteiger partial charge is 0.229 e. The SMILES string of the molecule is O=C(NC1CC1)[C@H]1C[NH+]2CC[C@H]1C[C@@H]2Cn1cc(CSc2ccccc2)nn1. The van der Waals surface area contributed by atoms with E-state index in [2.05, 4.69) is 46.1 Å². The minimum absolute atomic E-state index is 0.217. The van der Waals surface area contributed by atoms with Gasteiger partial charge in [0.2, 0.25) is 5.91 Å². The summed E-state index contributed by atoms with van der Waals surface area (Å²) in [7, 11) is 0. The maximum Gasteiger partial charge on any atom is 0.229 e. The monoisotopic (exact) mass is 398 g/mol. The van der Waals surface area contributed by atoms with Crippen molar-refractivity contribution < 1.29 is 9.69 Å². The molecule has 7 heteroatoms. The van der Waals surface area contributed by atoms with E-state index in [1.807, 2.05) is 10.7 Å². The summed E-state index contributed by atoms with van der Waals surface area (Å²) in [5.41, 5.74) is 1.03. The second-order valence-corrected chi connectivity index (χ2v) is 9.57. The molecule has 1 aromatic carbocycles. The van der Waals surface area contributed by atoms with Crippen molar-refractivity contribution in [3.63, 3.8) is 0 Å². The predicted molar refractivity (Wildman–Crippen MR) is 108 cm³/mol. The molecule has 1 saturated carbocycles. The fourth-order valence-corrected chi connectivity index (χ4v) is 5.54. The molecule has 3 aliphatic heterocycles. The van der Waals surface area contributed by atoms with E-state index in [1.54, 1.807) is 16.7 Å². The van der Waals surface area contributed by atoms with E-state index in [9.17, 15) is 4.79 Å². The van der Waals surface area contributed by atoms with Gasteiger partial charge >= 0.3 is 0 Å². The van der Waals surface area contributed by atoms with Crippen LogP contribution in [-0.2, 0) is 17.1 Å². The van der Waals surface area contributed by atoms with Crippen LogP contribution in [0.3, 0.4) is 0 Å². The average Bonchev–Trinajstić information content (AvgIpc) is 3.44. The molecule has 148 valence electrons. The van der Waals surface area contributed by atoms with Crippen LogP contribution in [0.1, 0.15) is 31.4 Å². The Morgan fingerprint density at radius 3 is 2.86 bits per heavy atom. The van der Waals surface area contributed by atoms with Crippen molar-refractivity contribution in [1.82, 2.24) is 20.3 Å². The van der Waals surface area contributed by atoms with Gasteiger partial charge < -0.3 is 10.2 Å². The summed E-state index contributed by atoms with van der Waals surface area (Å²) in [6.07, 6.45) is 6.74. The highest BCUT2D eigenvalue weighted by molar-refractivity contribution is 7.98. The summed E-state index contributed by atoms with van der Waals surface area (Å²) < 4.78 is 2.01. The van der Waals surface area contributed by atoms with Gasteiger partial charge in [-0.2, -0.15) is 0 Å². The zero-order valence-corrected chi connectivity index (χ0v) is 16.9. The van der Waals surface area contributed by atoms with Gasteiger partial charge in [0.25, 0.3) is 0 Å². The van der Waals surface area contributed by atoms with Crippen LogP contribution in [0.4, 0.5) is 0 Å². The van der Waals surface area contributed by atoms with Gasteiger partial charge in [0, 0.05) is 35.7 Å². The lowest BCUT2D eigenvalue weighted by atomic mass is 9.75. The van der Waals surface area contributed by atoms with Crippen LogP contribution in [-0.4, -0.2) is 46.1 Å². The lowest BCUT2D eigenvalue weighted by Gasteiger charge is -2.46. The summed E-state index contributed by atoms with van der Waals surface area (Å²) in [6, 6.07) is 11.4. The average molecular weight is 399 g/mol. The van der Waals surface area contributed by atoms with Gasteiger partial charge in [0.05, 0.1) is 31.2 Å². The Labute approximate surface area is 170 Å². The van der Waals surface area contributed by atoms with Crippen LogP contribution < -0.4 is 10.2 Å². The number of aromatic nitrogens is 3. The van der Waals surface area contributed by atoms with Gasteiger partial charge in [-0.25, -0.2) is 4.68 Å². The molecule has 6 nitrogen and oxygen atoms in total. The summed E-state index contributed by atoms with van der Waals surface area (Å²) in [5, 5.41) is 12.0. The maximum atomic E-state index is 12.5. The van der Waals surface area contributed by atoms with E-state index in [0.717, 1.165) is 31.0 Å². The number of hydrogen-bond donors (Lipinski definition) is 2. The van der Waals surface area contributed by atoms with Crippen LogP contribution >= 0.6 is 11.8 Å². The molecule has 2 bridgehead atoms. The van der Waals surface area contributed by atoms with E-state index in [-0.39, 0.29) is 5.92 Å². The Morgan fingerprint density at radius 1 is 1.25 bits per heavy atom. The van der Waals surface area contributed by atoms with E-state index in [4.69, 9.17) is 0 Å². The van der Waals surface area contributed by atoms with Gasteiger partial charge in [-0.3, -0.25) is 4.79 Å². The van der Waals surface area contributed by atoms with Crippen LogP contribution in [0.25, 0.3) is 0 Å². The first kappa shape index (κ1) is 18.2. The molecule has 1 aliphatic carbocycles. The normalized spacial score (nSPS) is 29.0. The summed E-state index contributed by atoms with van der Waals surface area (Å²) >= 11 is 1.79. The van der Waals surface area contributed by atoms with Gasteiger partial charge in [-0.15, -0.1) is 16.9 Å². The van der Waals surface area contributed by atoms with Gasteiger partial charge in [-0.05, 0) is 30.9 Å². The molecule has 0 radical (unpaired) electrons. The third kappa shape index (κ3) is 4.10. The number of amides is 1. The van der Waals surface area contributed by atoms with Crippen LogP contribution in [0.15, 0.2) is 41.4 Å². The molecule has 0 spiro atoms. The summed E-state index contributed by atoms with van der Waals surface area (Å²) in [5.74, 6) is 1.91. The third-order valence-electron chi connectivity index (χ3n) is 6.44. The predicted octanol–water partition coefficient (Wildman–Crippen LogP) is 1.14. The Balaban J connectivity index is 1.15. The van der Waals surface area contributed by atoms with E-state index in [0.29, 0.717) is 23.9 Å². The lowest BCUT2D eigenvalue weighted by Crippen LogP contribution is -3.20. The number of carbonyl (C=O) groups excluding carboxylic acids is 1. The molecule has 4 fully saturated rings. The van der Waals surface area contributed by atoms with Crippen LogP contribution in [0, 0.1) is 11.8 Å². The van der Waals surface area contributed by atoms with Crippen LogP contribution in [0.5, 0.6) is 0 Å². The minimum Gasteiger partial charge on any atom is -0.353 e. The highest BCUT2D eigenvalue weighted by atomic mass is 32.2. The Kier molecular flexibility index (Phi) is 5.11. The number of piperidine rings is 3. The fraction of sp³-hybridized carbons (Fsp3) is 0.571. The molecule has 1 aromatic heterocycles. The number of thioether (sulfide) groups is 1. The Morgan fingerprint density at radius 2 is 2.11 bits per heavy atom. The van der Waals surface area contributed by atoms with Crippen molar-refractivity contribution in [2.45, 2.75) is 55.0 Å². The number of nitrogens with zero attached hydrogens (tertiary/aromatic N) is 3. The highest BCUT2D eigenvalue weighted by Crippen LogP contribution is 2.29. The van der Waals surface area contributed by atoms with Crippen molar-refractivity contribution in [3.05, 3.63) is 42.2 Å². The molecule has 28 heavy (non-hydrogen) atoms. The van der Waals surface area contributed by atoms with Crippen molar-refractivity contribution in [1.29, 1.82) is 0 Å². The molecular formula is C21H28N5OS+. The highest BCUT2D eigenvalue weighted by Gasteiger charge is 2.47. The van der Waals surface area contributed by atoms with Gasteiger partial charge in [0.1, 0.15) is 6.04 Å². The molecule has 1 amide bonds. The number of benzene rings is 1. The Bertz CT molecular complexity index is 821. The minimum atomic E-state index is 0.217. The number of quaternary nitrogens is 1. The van der Waals surface area contributed by atoms with Gasteiger partial charge in [-0.1, -0.05) is 23.4 Å². The number of fused-ring (bicyclic) bond motifs is 3. The second kappa shape index (κ2) is 7.87. The number of nitrogens with one attached hydrogen (secondary N) is 2. The maximum absolute atomic E-state index is 12.5. The third-order valence-corrected chi connectivity index (χ3v) is 7.48. The molecule has 4 heterocycles. The topological polar surface area (TPSA) is 64.2 Å². The van der Waals surface area contributed by atoms with Crippen molar-refractivity contribution >= 4 is 17.7 Å². The van der Waals surface area contributed by atoms with E-state index < -0.39 is 0 Å². The van der Waals surface area contributed by atoms with Crippen molar-refractivity contribution in [2.24, 2.45) is 11.8 Å². The molecule has 6 rings (SSSR count). The molecule has 3 saturated heterocycles. The van der Waals surface area contributed by atoms with E-state index in [1.165, 1.54) is 30.7 Å². The standard InChI is InChI=1S/C21H27N5OS/c27-21(22-16-6-7-16)20-13-25-9-8-15(20)10-18(25)12-26-11-17(23-24-26)14-28-19-4-2-1-3-5-19/h1-5,11,15-16,18,20H,6-10,12-14H2,(H,22,27)/p+1/t15-,18+,20-/m0/s1. The first-order chi connectivity index (χ1) is 13.7. The number of carbonyl (C=O) groups is 1. The quantitative estimate of drug-likeness (QED) is 0.687. The zero-order chi connectivity index (χ0) is 18.9. The molecule has 4 aliphatic rings. The molecule has 2 aromatic rings. The molecule has 1 unspecified atom stereocenters. The first-order valence-electron chi connectivity index (χ1n) is 10.5. The number of hydrogen-bond acceptors (Lipinski definition) is 4. The fourth-order valence-electron chi connectivity index (χ4n) is 4.75. The Hall–Kier alpha value is -1.86. The van der Waals surface area contributed by atoms with Crippen molar-refractivity contribution in [2.75, 3.05) is 13.1 Å². The first-order valence-corrected chi connectivity index (χ1v) is 11.4. The second-order valence-electron chi connectivity index (χ2n) is 8.52. The van der Waals surface area contributed by atoms with Gasteiger partial charge in [0.15, 0.2) is 0 Å². The number of rotatable bonds is 7. The van der Waals surface area contributed by atoms with E-state index >= 15 is 0 Å². The van der Waals surface area contributed by atoms with Crippen LogP contribution in [0.2, 0.25) is 0 Å². The molecule has 4 atom stereocenters. The summed E-state index contributed by atoms with van der Waals surface area (Å²) in [6.45, 7) is 3.08.